The summed E-state index contributed by atoms with van der Waals surface area (Å²) in [6.45, 7) is -0.204. The van der Waals surface area contributed by atoms with E-state index in [0.29, 0.717) is 5.69 Å². The van der Waals surface area contributed by atoms with Gasteiger partial charge >= 0.3 is 6.09 Å². The molecule has 1 rings (SSSR count). The van der Waals surface area contributed by atoms with Crippen molar-refractivity contribution < 1.29 is 19.4 Å². The van der Waals surface area contributed by atoms with Crippen LogP contribution >= 0.6 is 15.9 Å². The highest BCUT2D eigenvalue weighted by molar-refractivity contribution is 9.10. The van der Waals surface area contributed by atoms with E-state index in [1.165, 1.54) is 0 Å². The Morgan fingerprint density at radius 2 is 1.94 bits per heavy atom. The number of anilines is 1. The van der Waals surface area contributed by atoms with Gasteiger partial charge < -0.3 is 14.6 Å². The van der Waals surface area contributed by atoms with Crippen LogP contribution in [0.5, 0.6) is 0 Å². The highest BCUT2D eigenvalue weighted by Crippen LogP contribution is 2.14. The average Bonchev–Trinajstić information content (AvgIpc) is 2.21. The summed E-state index contributed by atoms with van der Waals surface area (Å²) in [7, 11) is 0. The molecule has 0 saturated carbocycles. The monoisotopic (exact) mass is 286 g/mol. The van der Waals surface area contributed by atoms with Crippen molar-refractivity contribution in [2.45, 2.75) is 6.42 Å². The van der Waals surface area contributed by atoms with Gasteiger partial charge in [0.2, 0.25) is 0 Å². The Labute approximate surface area is 101 Å². The lowest BCUT2D eigenvalue weighted by Gasteiger charge is -2.07. The standard InChI is InChI=1S/C10H10BrNO4/c11-7-1-3-8(4-2-7)12-10(15)16-6-5-9(13)14/h1-4H,5-6H2,(H,12,15)(H,13,14)/p-1. The SMILES string of the molecule is O=C([O-])CCOC(=O)Nc1ccc(Br)cc1. The maximum absolute atomic E-state index is 11.1. The number of carboxylic acids is 1. The summed E-state index contributed by atoms with van der Waals surface area (Å²) in [5.74, 6) is -1.25. The molecule has 0 heterocycles. The third-order valence-corrected chi connectivity index (χ3v) is 2.16. The van der Waals surface area contributed by atoms with E-state index in [1.807, 2.05) is 0 Å². The van der Waals surface area contributed by atoms with Crippen LogP contribution < -0.4 is 10.4 Å². The Balaban J connectivity index is 2.34. The zero-order valence-electron chi connectivity index (χ0n) is 8.23. The van der Waals surface area contributed by atoms with Gasteiger partial charge in [-0.25, -0.2) is 4.79 Å². The smallest absolute Gasteiger partial charge is 0.411 e. The van der Waals surface area contributed by atoms with Gasteiger partial charge in [0.1, 0.15) is 0 Å². The zero-order chi connectivity index (χ0) is 12.0. The first-order chi connectivity index (χ1) is 7.58. The fourth-order valence-electron chi connectivity index (χ4n) is 0.914. The van der Waals surface area contributed by atoms with Crippen LogP contribution in [-0.4, -0.2) is 18.7 Å². The predicted molar refractivity (Wildman–Crippen MR) is 58.7 cm³/mol. The number of halogens is 1. The fraction of sp³-hybridized carbons (Fsp3) is 0.200. The zero-order valence-corrected chi connectivity index (χ0v) is 9.82. The second-order valence-corrected chi connectivity index (χ2v) is 3.81. The molecule has 86 valence electrons. The van der Waals surface area contributed by atoms with Gasteiger partial charge in [0.25, 0.3) is 0 Å². The normalized spacial score (nSPS) is 9.56. The van der Waals surface area contributed by atoms with E-state index in [1.54, 1.807) is 24.3 Å². The molecule has 0 saturated heterocycles. The molecule has 0 atom stereocenters. The largest absolute Gasteiger partial charge is 0.550 e. The van der Waals surface area contributed by atoms with Gasteiger partial charge in [-0.15, -0.1) is 0 Å². The van der Waals surface area contributed by atoms with Crippen LogP contribution in [-0.2, 0) is 9.53 Å². The Kier molecular flexibility index (Phi) is 4.78. The summed E-state index contributed by atoms with van der Waals surface area (Å²) in [5, 5.41) is 12.5. The molecule has 0 aliphatic rings. The third-order valence-electron chi connectivity index (χ3n) is 1.63. The fourth-order valence-corrected chi connectivity index (χ4v) is 1.18. The topological polar surface area (TPSA) is 78.5 Å². The van der Waals surface area contributed by atoms with Crippen LogP contribution in [0.25, 0.3) is 0 Å². The number of hydrogen-bond acceptors (Lipinski definition) is 4. The van der Waals surface area contributed by atoms with Crippen molar-refractivity contribution in [2.24, 2.45) is 0 Å². The number of carbonyl (C=O) groups is 2. The Morgan fingerprint density at radius 3 is 2.50 bits per heavy atom. The maximum atomic E-state index is 11.1. The Bertz CT molecular complexity index is 377. The number of rotatable bonds is 4. The first kappa shape index (κ1) is 12.5. The van der Waals surface area contributed by atoms with Gasteiger partial charge in [-0.2, -0.15) is 0 Å². The second-order valence-electron chi connectivity index (χ2n) is 2.89. The molecule has 0 aromatic heterocycles. The average molecular weight is 287 g/mol. The summed E-state index contributed by atoms with van der Waals surface area (Å²) in [6.07, 6.45) is -1.00. The van der Waals surface area contributed by atoms with E-state index in [2.05, 4.69) is 26.0 Å². The minimum absolute atomic E-state index is 0.204. The lowest BCUT2D eigenvalue weighted by atomic mass is 10.3. The van der Waals surface area contributed by atoms with E-state index in [9.17, 15) is 14.7 Å². The molecule has 1 amide bonds. The molecule has 0 spiro atoms. The van der Waals surface area contributed by atoms with Crippen LogP contribution in [0.3, 0.4) is 0 Å². The van der Waals surface area contributed by atoms with Gasteiger partial charge in [0, 0.05) is 22.6 Å². The van der Waals surface area contributed by atoms with Crippen molar-refractivity contribution in [1.29, 1.82) is 0 Å². The van der Waals surface area contributed by atoms with Gasteiger partial charge in [0.05, 0.1) is 6.61 Å². The predicted octanol–water partition coefficient (Wildman–Crippen LogP) is 1.14. The van der Waals surface area contributed by atoms with Gasteiger partial charge in [-0.3, -0.25) is 5.32 Å². The first-order valence-electron chi connectivity index (χ1n) is 4.47. The highest BCUT2D eigenvalue weighted by atomic mass is 79.9. The van der Waals surface area contributed by atoms with Crippen LogP contribution in [0.2, 0.25) is 0 Å². The molecule has 0 bridgehead atoms. The molecule has 0 unspecified atom stereocenters. The van der Waals surface area contributed by atoms with E-state index < -0.39 is 12.1 Å². The molecule has 1 aromatic carbocycles. The molecular weight excluding hydrogens is 278 g/mol. The third kappa shape index (κ3) is 4.79. The molecule has 0 aliphatic heterocycles. The number of ether oxygens (including phenoxy) is 1. The number of aliphatic carboxylic acids is 1. The number of hydrogen-bond donors (Lipinski definition) is 1. The minimum Gasteiger partial charge on any atom is -0.550 e. The number of carboxylic acid groups (broad SMARTS) is 1. The summed E-state index contributed by atoms with van der Waals surface area (Å²) < 4.78 is 5.50. The first-order valence-corrected chi connectivity index (χ1v) is 5.26. The number of carbonyl (C=O) groups excluding carboxylic acids is 2. The lowest BCUT2D eigenvalue weighted by molar-refractivity contribution is -0.306. The molecule has 1 N–H and O–H groups in total. The summed E-state index contributed by atoms with van der Waals surface area (Å²) in [5.41, 5.74) is 0.571. The van der Waals surface area contributed by atoms with E-state index in [0.717, 1.165) is 4.47 Å². The van der Waals surface area contributed by atoms with Crippen molar-refractivity contribution in [3.8, 4) is 0 Å². The van der Waals surface area contributed by atoms with Crippen molar-refractivity contribution >= 4 is 33.7 Å². The van der Waals surface area contributed by atoms with Crippen LogP contribution in [0.4, 0.5) is 10.5 Å². The van der Waals surface area contributed by atoms with Crippen molar-refractivity contribution in [2.75, 3.05) is 11.9 Å². The molecule has 0 aliphatic carbocycles. The highest BCUT2D eigenvalue weighted by Gasteiger charge is 2.02. The summed E-state index contributed by atoms with van der Waals surface area (Å²) in [4.78, 5) is 21.2. The summed E-state index contributed by atoms with van der Waals surface area (Å²) >= 11 is 3.25. The maximum Gasteiger partial charge on any atom is 0.411 e. The molecule has 1 aromatic rings. The van der Waals surface area contributed by atoms with Crippen molar-refractivity contribution in [3.05, 3.63) is 28.7 Å². The number of benzene rings is 1. The number of amides is 1. The van der Waals surface area contributed by atoms with Gasteiger partial charge in [-0.1, -0.05) is 15.9 Å². The number of nitrogens with one attached hydrogen (secondary N) is 1. The summed E-state index contributed by atoms with van der Waals surface area (Å²) in [6, 6.07) is 6.89. The van der Waals surface area contributed by atoms with Gasteiger partial charge in [-0.05, 0) is 24.3 Å². The van der Waals surface area contributed by atoms with E-state index in [-0.39, 0.29) is 13.0 Å². The molecule has 16 heavy (non-hydrogen) atoms. The molecule has 0 fully saturated rings. The van der Waals surface area contributed by atoms with E-state index >= 15 is 0 Å². The molecule has 5 nitrogen and oxygen atoms in total. The van der Waals surface area contributed by atoms with Gasteiger partial charge in [0.15, 0.2) is 0 Å². The minimum atomic E-state index is -1.25. The second kappa shape index (κ2) is 6.12. The van der Waals surface area contributed by atoms with Crippen LogP contribution in [0.1, 0.15) is 6.42 Å². The molecular formula is C10H9BrNO4-. The molecule has 6 heteroatoms. The molecule has 0 radical (unpaired) electrons. The van der Waals surface area contributed by atoms with Crippen molar-refractivity contribution in [1.82, 2.24) is 0 Å². The quantitative estimate of drug-likeness (QED) is 0.900. The Morgan fingerprint density at radius 1 is 1.31 bits per heavy atom. The Hall–Kier alpha value is -1.56. The lowest BCUT2D eigenvalue weighted by Crippen LogP contribution is -2.25. The van der Waals surface area contributed by atoms with Crippen LogP contribution in [0.15, 0.2) is 28.7 Å². The van der Waals surface area contributed by atoms with Crippen molar-refractivity contribution in [3.63, 3.8) is 0 Å². The van der Waals surface area contributed by atoms with Crippen LogP contribution in [0, 0.1) is 0 Å². The van der Waals surface area contributed by atoms with E-state index in [4.69, 9.17) is 0 Å².